The molecule has 0 radical (unpaired) electrons. The number of oxazole rings is 1. The summed E-state index contributed by atoms with van der Waals surface area (Å²) in [5.74, 6) is -0.0434. The molecule has 1 aromatic heterocycles. The van der Waals surface area contributed by atoms with Crippen molar-refractivity contribution in [3.05, 3.63) is 23.8 Å². The third kappa shape index (κ3) is 3.51. The molecular formula is C22H30N4O3. The van der Waals surface area contributed by atoms with Gasteiger partial charge in [-0.05, 0) is 51.8 Å². The molecule has 3 aliphatic heterocycles. The third-order valence-corrected chi connectivity index (χ3v) is 6.94. The fraction of sp³-hybridized carbons (Fsp3) is 0.636. The number of carbonyl (C=O) groups is 1. The summed E-state index contributed by atoms with van der Waals surface area (Å²) < 4.78 is 11.5. The number of nitrogens with one attached hydrogen (secondary N) is 1. The van der Waals surface area contributed by atoms with E-state index in [-0.39, 0.29) is 18.0 Å². The van der Waals surface area contributed by atoms with Crippen molar-refractivity contribution in [2.45, 2.75) is 63.2 Å². The highest BCUT2D eigenvalue weighted by molar-refractivity contribution is 6.04. The Morgan fingerprint density at radius 1 is 1.24 bits per heavy atom. The number of piperidine rings is 2. The zero-order chi connectivity index (χ0) is 20.0. The maximum Gasteiger partial charge on any atom is 0.298 e. The number of aromatic nitrogens is 1. The van der Waals surface area contributed by atoms with E-state index in [4.69, 9.17) is 14.1 Å². The summed E-state index contributed by atoms with van der Waals surface area (Å²) in [5.41, 5.74) is 1.90. The number of hydrogen-bond donors (Lipinski definition) is 1. The van der Waals surface area contributed by atoms with Gasteiger partial charge in [0.25, 0.3) is 11.9 Å². The molecule has 3 aliphatic rings. The summed E-state index contributed by atoms with van der Waals surface area (Å²) in [6.45, 7) is 4.16. The molecule has 3 atom stereocenters. The van der Waals surface area contributed by atoms with Crippen molar-refractivity contribution in [1.82, 2.24) is 15.2 Å². The van der Waals surface area contributed by atoms with Crippen LogP contribution in [0.15, 0.2) is 22.6 Å². The second-order valence-corrected chi connectivity index (χ2v) is 8.81. The predicted molar refractivity (Wildman–Crippen MR) is 111 cm³/mol. The first-order chi connectivity index (χ1) is 14.1. The molecule has 1 N–H and O–H groups in total. The lowest BCUT2D eigenvalue weighted by Gasteiger charge is -2.47. The molecular weight excluding hydrogens is 368 g/mol. The molecule has 1 amide bonds. The summed E-state index contributed by atoms with van der Waals surface area (Å²) in [6, 6.07) is 7.79. The number of para-hydroxylation sites is 1. The second-order valence-electron chi connectivity index (χ2n) is 8.81. The Hall–Kier alpha value is -2.12. The van der Waals surface area contributed by atoms with Crippen molar-refractivity contribution >= 4 is 23.0 Å². The van der Waals surface area contributed by atoms with E-state index in [2.05, 4.69) is 29.1 Å². The van der Waals surface area contributed by atoms with E-state index in [1.165, 1.54) is 19.3 Å². The summed E-state index contributed by atoms with van der Waals surface area (Å²) in [4.78, 5) is 22.5. The smallest absolute Gasteiger partial charge is 0.298 e. The van der Waals surface area contributed by atoms with Crippen LogP contribution in [0.4, 0.5) is 6.01 Å². The van der Waals surface area contributed by atoms with Crippen molar-refractivity contribution in [3.8, 4) is 0 Å². The van der Waals surface area contributed by atoms with Crippen LogP contribution in [0.25, 0.3) is 11.1 Å². The Bertz CT molecular complexity index is 883. The number of morpholine rings is 1. The molecule has 1 aromatic carbocycles. The number of fused-ring (bicyclic) bond motifs is 3. The van der Waals surface area contributed by atoms with Crippen molar-refractivity contribution in [1.29, 1.82) is 0 Å². The first kappa shape index (κ1) is 18.9. The van der Waals surface area contributed by atoms with E-state index in [0.717, 1.165) is 19.4 Å². The minimum atomic E-state index is -0.0434. The van der Waals surface area contributed by atoms with Gasteiger partial charge in [-0.3, -0.25) is 4.79 Å². The average Bonchev–Trinajstić information content (AvgIpc) is 3.13. The number of carbonyl (C=O) groups excluding carboxylic acids is 1. The quantitative estimate of drug-likeness (QED) is 0.857. The van der Waals surface area contributed by atoms with Crippen LogP contribution < -0.4 is 10.2 Å². The van der Waals surface area contributed by atoms with Gasteiger partial charge in [-0.1, -0.05) is 12.5 Å². The Morgan fingerprint density at radius 2 is 2.03 bits per heavy atom. The second kappa shape index (κ2) is 7.61. The molecule has 156 valence electrons. The highest BCUT2D eigenvalue weighted by Gasteiger charge is 2.36. The lowest BCUT2D eigenvalue weighted by Crippen LogP contribution is -2.55. The van der Waals surface area contributed by atoms with E-state index >= 15 is 0 Å². The molecule has 0 saturated carbocycles. The van der Waals surface area contributed by atoms with Crippen molar-refractivity contribution in [2.24, 2.45) is 0 Å². The van der Waals surface area contributed by atoms with Crippen LogP contribution in [0.2, 0.25) is 0 Å². The topological polar surface area (TPSA) is 70.8 Å². The van der Waals surface area contributed by atoms with Crippen LogP contribution in [-0.4, -0.2) is 66.8 Å². The largest absolute Gasteiger partial charge is 0.423 e. The predicted octanol–water partition coefficient (Wildman–Crippen LogP) is 2.80. The number of rotatable bonds is 3. The monoisotopic (exact) mass is 398 g/mol. The van der Waals surface area contributed by atoms with Crippen LogP contribution in [-0.2, 0) is 4.74 Å². The normalized spacial score (nSPS) is 30.5. The Labute approximate surface area is 171 Å². The van der Waals surface area contributed by atoms with Gasteiger partial charge >= 0.3 is 0 Å². The lowest BCUT2D eigenvalue weighted by molar-refractivity contribution is 0.0463. The number of benzene rings is 1. The van der Waals surface area contributed by atoms with Gasteiger partial charge < -0.3 is 24.3 Å². The molecule has 0 spiro atoms. The molecule has 5 rings (SSSR count). The molecule has 0 unspecified atom stereocenters. The van der Waals surface area contributed by atoms with Gasteiger partial charge in [0.05, 0.1) is 24.8 Å². The van der Waals surface area contributed by atoms with Gasteiger partial charge in [0, 0.05) is 24.7 Å². The third-order valence-electron chi connectivity index (χ3n) is 6.94. The number of hydrogen-bond acceptors (Lipinski definition) is 6. The summed E-state index contributed by atoms with van der Waals surface area (Å²) >= 11 is 0. The van der Waals surface area contributed by atoms with Gasteiger partial charge in [-0.15, -0.1) is 0 Å². The van der Waals surface area contributed by atoms with Crippen molar-refractivity contribution in [3.63, 3.8) is 0 Å². The lowest BCUT2D eigenvalue weighted by atomic mass is 9.82. The maximum absolute atomic E-state index is 13.1. The Morgan fingerprint density at radius 3 is 2.79 bits per heavy atom. The molecule has 2 bridgehead atoms. The van der Waals surface area contributed by atoms with Crippen LogP contribution in [0, 0.1) is 0 Å². The summed E-state index contributed by atoms with van der Waals surface area (Å²) in [6.07, 6.45) is 5.84. The number of amides is 1. The number of ether oxygens (including phenoxy) is 1. The molecule has 29 heavy (non-hydrogen) atoms. The van der Waals surface area contributed by atoms with Gasteiger partial charge in [-0.25, -0.2) is 0 Å². The van der Waals surface area contributed by atoms with Gasteiger partial charge in [0.15, 0.2) is 5.58 Å². The molecule has 7 nitrogen and oxygen atoms in total. The molecule has 3 saturated heterocycles. The van der Waals surface area contributed by atoms with Gasteiger partial charge in [0.2, 0.25) is 0 Å². The first-order valence-electron chi connectivity index (χ1n) is 10.9. The molecule has 4 heterocycles. The van der Waals surface area contributed by atoms with Crippen LogP contribution in [0.3, 0.4) is 0 Å². The standard InChI is InChI=1S/C22H30N4O3/c1-14-13-28-10-9-26(14)22-24-20-18(7-4-8-19(20)29-22)21(27)23-15-11-16-5-3-6-17(12-15)25(16)2/h4,7-8,14-17H,3,5-6,9-13H2,1-2H3,(H,23,27)/t14-,16-,17-/m1/s1. The molecule has 7 heteroatoms. The fourth-order valence-electron chi connectivity index (χ4n) is 5.25. The van der Waals surface area contributed by atoms with Crippen LogP contribution in [0.1, 0.15) is 49.4 Å². The van der Waals surface area contributed by atoms with E-state index in [0.29, 0.717) is 48.0 Å². The maximum atomic E-state index is 13.1. The van der Waals surface area contributed by atoms with E-state index in [1.54, 1.807) is 0 Å². The van der Waals surface area contributed by atoms with Gasteiger partial charge in [-0.2, -0.15) is 4.98 Å². The zero-order valence-corrected chi connectivity index (χ0v) is 17.3. The number of anilines is 1. The van der Waals surface area contributed by atoms with Crippen LogP contribution >= 0.6 is 0 Å². The SMILES string of the molecule is C[C@@H]1COCCN1c1nc2c(C(=O)NC3C[C@H]4CCC[C@H](C3)N4C)cccc2o1. The summed E-state index contributed by atoms with van der Waals surface area (Å²) in [7, 11) is 2.23. The molecule has 0 aliphatic carbocycles. The Kier molecular flexibility index (Phi) is 4.95. The van der Waals surface area contributed by atoms with E-state index in [1.807, 2.05) is 18.2 Å². The minimum absolute atomic E-state index is 0.0434. The van der Waals surface area contributed by atoms with Crippen molar-refractivity contribution < 1.29 is 13.9 Å². The fourth-order valence-corrected chi connectivity index (χ4v) is 5.25. The number of nitrogens with zero attached hydrogens (tertiary/aromatic N) is 3. The highest BCUT2D eigenvalue weighted by Crippen LogP contribution is 2.33. The molecule has 3 fully saturated rings. The van der Waals surface area contributed by atoms with E-state index < -0.39 is 0 Å². The van der Waals surface area contributed by atoms with E-state index in [9.17, 15) is 4.79 Å². The van der Waals surface area contributed by atoms with Crippen LogP contribution in [0.5, 0.6) is 0 Å². The molecule has 2 aromatic rings. The highest BCUT2D eigenvalue weighted by atomic mass is 16.5. The Balaban J connectivity index is 1.36. The first-order valence-corrected chi connectivity index (χ1v) is 10.9. The van der Waals surface area contributed by atoms with Crippen molar-refractivity contribution in [2.75, 3.05) is 31.7 Å². The summed E-state index contributed by atoms with van der Waals surface area (Å²) in [5, 5.41) is 3.29. The zero-order valence-electron chi connectivity index (χ0n) is 17.3. The minimum Gasteiger partial charge on any atom is -0.423 e. The van der Waals surface area contributed by atoms with Gasteiger partial charge in [0.1, 0.15) is 5.52 Å². The average molecular weight is 399 g/mol.